The molecule has 15 heavy (non-hydrogen) atoms. The standard InChI is InChI=1S/C8H3F3N2O2/c9-8(10,11)6-3-5(13-15)1-2-7(6)12-4-14/h1-3H. The summed E-state index contributed by atoms with van der Waals surface area (Å²) < 4.78 is 37.1. The number of hydrogen-bond acceptors (Lipinski definition) is 4. The van der Waals surface area contributed by atoms with Gasteiger partial charge in [-0.15, -0.1) is 4.91 Å². The molecule has 1 rings (SSSR count). The zero-order chi connectivity index (χ0) is 11.5. The van der Waals surface area contributed by atoms with Crippen molar-refractivity contribution in [3.8, 4) is 0 Å². The Bertz CT molecular complexity index is 436. The number of nitroso groups, excluding NO2 is 1. The average molecular weight is 216 g/mol. The molecule has 0 heterocycles. The van der Waals surface area contributed by atoms with Gasteiger partial charge in [-0.1, -0.05) is 0 Å². The highest BCUT2D eigenvalue weighted by Crippen LogP contribution is 2.38. The van der Waals surface area contributed by atoms with Gasteiger partial charge in [-0.2, -0.15) is 18.2 Å². The Morgan fingerprint density at radius 1 is 1.27 bits per heavy atom. The molecule has 0 amide bonds. The van der Waals surface area contributed by atoms with Crippen LogP contribution in [0.5, 0.6) is 0 Å². The Balaban J connectivity index is 3.41. The van der Waals surface area contributed by atoms with E-state index in [2.05, 4.69) is 10.2 Å². The summed E-state index contributed by atoms with van der Waals surface area (Å²) in [6.45, 7) is 0. The van der Waals surface area contributed by atoms with Gasteiger partial charge in [-0.3, -0.25) is 0 Å². The van der Waals surface area contributed by atoms with Gasteiger partial charge in [0.05, 0.1) is 11.3 Å². The molecule has 0 bridgehead atoms. The van der Waals surface area contributed by atoms with E-state index < -0.39 is 17.4 Å². The maximum atomic E-state index is 12.4. The van der Waals surface area contributed by atoms with Gasteiger partial charge >= 0.3 is 6.18 Å². The van der Waals surface area contributed by atoms with Crippen LogP contribution in [0.3, 0.4) is 0 Å². The Morgan fingerprint density at radius 3 is 2.40 bits per heavy atom. The van der Waals surface area contributed by atoms with E-state index in [1.54, 1.807) is 0 Å². The molecule has 0 aliphatic heterocycles. The first kappa shape index (κ1) is 11.1. The van der Waals surface area contributed by atoms with E-state index >= 15 is 0 Å². The van der Waals surface area contributed by atoms with Crippen molar-refractivity contribution in [2.45, 2.75) is 6.18 Å². The van der Waals surface area contributed by atoms with Crippen LogP contribution in [0.15, 0.2) is 28.4 Å². The molecule has 1 aromatic carbocycles. The number of isocyanates is 1. The van der Waals surface area contributed by atoms with Crippen molar-refractivity contribution < 1.29 is 18.0 Å². The monoisotopic (exact) mass is 216 g/mol. The summed E-state index contributed by atoms with van der Waals surface area (Å²) in [6.07, 6.45) is -3.70. The molecule has 4 nitrogen and oxygen atoms in total. The van der Waals surface area contributed by atoms with Crippen molar-refractivity contribution in [3.05, 3.63) is 28.7 Å². The second-order valence-corrected chi connectivity index (χ2v) is 2.49. The Labute approximate surface area is 81.4 Å². The Hall–Kier alpha value is -2.01. The number of alkyl halides is 3. The molecule has 0 fully saturated rings. The third kappa shape index (κ3) is 2.47. The van der Waals surface area contributed by atoms with Gasteiger partial charge in [0.2, 0.25) is 6.08 Å². The fourth-order valence-corrected chi connectivity index (χ4v) is 0.955. The van der Waals surface area contributed by atoms with Crippen LogP contribution < -0.4 is 0 Å². The zero-order valence-electron chi connectivity index (χ0n) is 7.08. The molecule has 0 aliphatic carbocycles. The molecule has 0 N–H and O–H groups in total. The highest BCUT2D eigenvalue weighted by atomic mass is 19.4. The van der Waals surface area contributed by atoms with Gasteiger partial charge in [-0.05, 0) is 23.4 Å². The number of benzene rings is 1. The molecule has 0 unspecified atom stereocenters. The molecule has 7 heteroatoms. The lowest BCUT2D eigenvalue weighted by molar-refractivity contribution is -0.137. The van der Waals surface area contributed by atoms with Crippen molar-refractivity contribution in [2.24, 2.45) is 10.2 Å². The average Bonchev–Trinajstić information content (AvgIpc) is 2.17. The molecule has 0 atom stereocenters. The minimum Gasteiger partial charge on any atom is -0.211 e. The van der Waals surface area contributed by atoms with Gasteiger partial charge in [0.25, 0.3) is 0 Å². The lowest BCUT2D eigenvalue weighted by atomic mass is 10.1. The molecule has 0 radical (unpaired) electrons. The normalized spacial score (nSPS) is 10.6. The minimum absolute atomic E-state index is 0.382. The first-order valence-electron chi connectivity index (χ1n) is 3.61. The summed E-state index contributed by atoms with van der Waals surface area (Å²) in [4.78, 5) is 22.8. The first-order valence-corrected chi connectivity index (χ1v) is 3.61. The molecular formula is C8H3F3N2O2. The van der Waals surface area contributed by atoms with Gasteiger partial charge in [-0.25, -0.2) is 4.79 Å². The SMILES string of the molecule is O=C=Nc1ccc(N=O)cc1C(F)(F)F. The highest BCUT2D eigenvalue weighted by molar-refractivity contribution is 5.59. The molecule has 0 aromatic heterocycles. The van der Waals surface area contributed by atoms with Gasteiger partial charge in [0.15, 0.2) is 0 Å². The van der Waals surface area contributed by atoms with E-state index in [1.807, 2.05) is 0 Å². The van der Waals surface area contributed by atoms with Crippen LogP contribution in [0.2, 0.25) is 0 Å². The van der Waals surface area contributed by atoms with E-state index in [1.165, 1.54) is 0 Å². The summed E-state index contributed by atoms with van der Waals surface area (Å²) in [5.41, 5.74) is -2.17. The van der Waals surface area contributed by atoms with Crippen LogP contribution in [-0.2, 0) is 11.0 Å². The van der Waals surface area contributed by atoms with Crippen LogP contribution >= 0.6 is 0 Å². The van der Waals surface area contributed by atoms with Crippen molar-refractivity contribution in [3.63, 3.8) is 0 Å². The number of rotatable bonds is 2. The molecule has 0 saturated heterocycles. The third-order valence-corrected chi connectivity index (χ3v) is 1.56. The predicted octanol–water partition coefficient (Wildman–Crippen LogP) is 3.07. The third-order valence-electron chi connectivity index (χ3n) is 1.56. The van der Waals surface area contributed by atoms with Crippen LogP contribution in [0.1, 0.15) is 5.56 Å². The second kappa shape index (κ2) is 4.02. The largest absolute Gasteiger partial charge is 0.418 e. The molecule has 1 aromatic rings. The number of halogens is 3. The number of nitrogens with zero attached hydrogens (tertiary/aromatic N) is 2. The van der Waals surface area contributed by atoms with E-state index in [4.69, 9.17) is 0 Å². The van der Waals surface area contributed by atoms with Crippen molar-refractivity contribution in [1.82, 2.24) is 0 Å². The van der Waals surface area contributed by atoms with Crippen molar-refractivity contribution >= 4 is 17.5 Å². The van der Waals surface area contributed by atoms with Crippen LogP contribution in [0, 0.1) is 4.91 Å². The minimum atomic E-state index is -4.70. The van der Waals surface area contributed by atoms with Gasteiger partial charge in [0, 0.05) is 0 Å². The molecule has 78 valence electrons. The summed E-state index contributed by atoms with van der Waals surface area (Å²) in [5, 5.41) is 2.36. The highest BCUT2D eigenvalue weighted by Gasteiger charge is 2.34. The van der Waals surface area contributed by atoms with Crippen LogP contribution in [0.25, 0.3) is 0 Å². The first-order chi connectivity index (χ1) is 6.99. The predicted molar refractivity (Wildman–Crippen MR) is 44.7 cm³/mol. The van der Waals surface area contributed by atoms with Crippen LogP contribution in [-0.4, -0.2) is 6.08 Å². The fourth-order valence-electron chi connectivity index (χ4n) is 0.955. The smallest absolute Gasteiger partial charge is 0.211 e. The molecule has 0 aliphatic rings. The quantitative estimate of drug-likeness (QED) is 0.433. The lowest BCUT2D eigenvalue weighted by Gasteiger charge is -2.08. The summed E-state index contributed by atoms with van der Waals surface area (Å²) >= 11 is 0. The topological polar surface area (TPSA) is 58.9 Å². The van der Waals surface area contributed by atoms with E-state index in [0.29, 0.717) is 6.07 Å². The van der Waals surface area contributed by atoms with Crippen molar-refractivity contribution in [2.75, 3.05) is 0 Å². The van der Waals surface area contributed by atoms with Gasteiger partial charge in [0.1, 0.15) is 5.69 Å². The fraction of sp³-hybridized carbons (Fsp3) is 0.125. The maximum absolute atomic E-state index is 12.4. The zero-order valence-corrected chi connectivity index (χ0v) is 7.08. The second-order valence-electron chi connectivity index (χ2n) is 2.49. The Morgan fingerprint density at radius 2 is 1.93 bits per heavy atom. The molecular weight excluding hydrogens is 213 g/mol. The lowest BCUT2D eigenvalue weighted by Crippen LogP contribution is -2.04. The van der Waals surface area contributed by atoms with Crippen molar-refractivity contribution in [1.29, 1.82) is 0 Å². The number of carbonyl (C=O) groups excluding carboxylic acids is 1. The summed E-state index contributed by atoms with van der Waals surface area (Å²) in [6, 6.07) is 2.42. The molecule has 0 spiro atoms. The van der Waals surface area contributed by atoms with E-state index in [-0.39, 0.29) is 5.69 Å². The number of aliphatic imine (C=N–C) groups is 1. The van der Waals surface area contributed by atoms with E-state index in [9.17, 15) is 22.9 Å². The molecule has 0 saturated carbocycles. The number of hydrogen-bond donors (Lipinski definition) is 0. The van der Waals surface area contributed by atoms with E-state index in [0.717, 1.165) is 18.2 Å². The van der Waals surface area contributed by atoms with Crippen LogP contribution in [0.4, 0.5) is 24.5 Å². The Kier molecular flexibility index (Phi) is 2.96. The van der Waals surface area contributed by atoms with Gasteiger partial charge < -0.3 is 0 Å². The summed E-state index contributed by atoms with van der Waals surface area (Å²) in [5.74, 6) is 0. The summed E-state index contributed by atoms with van der Waals surface area (Å²) in [7, 11) is 0. The maximum Gasteiger partial charge on any atom is 0.418 e.